The summed E-state index contributed by atoms with van der Waals surface area (Å²) in [5.41, 5.74) is 1.28. The molecule has 0 aliphatic carbocycles. The number of benzene rings is 1. The molecule has 2 heterocycles. The van der Waals surface area contributed by atoms with Crippen molar-refractivity contribution in [3.05, 3.63) is 28.8 Å². The van der Waals surface area contributed by atoms with E-state index in [0.717, 1.165) is 16.0 Å². The van der Waals surface area contributed by atoms with Gasteiger partial charge in [-0.25, -0.2) is 9.69 Å². The Morgan fingerprint density at radius 1 is 1.32 bits per heavy atom. The number of hydrogen-bond donors (Lipinski definition) is 1. The molecule has 2 saturated heterocycles. The van der Waals surface area contributed by atoms with E-state index in [1.165, 1.54) is 4.90 Å². The minimum absolute atomic E-state index is 0.368. The van der Waals surface area contributed by atoms with E-state index in [9.17, 15) is 14.7 Å². The van der Waals surface area contributed by atoms with Crippen LogP contribution in [0.3, 0.4) is 0 Å². The molecule has 1 aromatic rings. The van der Waals surface area contributed by atoms with Gasteiger partial charge in [-0.2, -0.15) is 5.26 Å². The molecule has 1 N–H and O–H groups in total. The summed E-state index contributed by atoms with van der Waals surface area (Å²) < 4.78 is 0. The molecule has 0 saturated carbocycles. The largest absolute Gasteiger partial charge is 0.390 e. The zero-order chi connectivity index (χ0) is 16.2. The van der Waals surface area contributed by atoms with Crippen LogP contribution in [0, 0.1) is 25.2 Å². The fourth-order valence-electron chi connectivity index (χ4n) is 3.31. The standard InChI is InChI=1S/C16H17N3O3/c1-9-10(2)12(5-4-11(9)8-17)19-14(21)16(3)13(20)6-7-18(16)15(19)22/h4-5,13,20H,6-7H2,1-3H3. The molecule has 3 amide bonds. The molecule has 2 aliphatic heterocycles. The second kappa shape index (κ2) is 4.55. The molecule has 114 valence electrons. The molecular weight excluding hydrogens is 282 g/mol. The van der Waals surface area contributed by atoms with Crippen molar-refractivity contribution in [2.45, 2.75) is 38.8 Å². The Labute approximate surface area is 128 Å². The third-order valence-corrected chi connectivity index (χ3v) is 5.01. The Morgan fingerprint density at radius 3 is 2.59 bits per heavy atom. The molecule has 0 spiro atoms. The fourth-order valence-corrected chi connectivity index (χ4v) is 3.31. The van der Waals surface area contributed by atoms with Gasteiger partial charge in [0, 0.05) is 6.54 Å². The van der Waals surface area contributed by atoms with E-state index in [1.807, 2.05) is 0 Å². The topological polar surface area (TPSA) is 84.6 Å². The van der Waals surface area contributed by atoms with Crippen LogP contribution in [-0.4, -0.2) is 40.1 Å². The number of aliphatic hydroxyl groups excluding tert-OH is 1. The number of aliphatic hydroxyl groups is 1. The number of nitriles is 1. The van der Waals surface area contributed by atoms with Gasteiger partial charge in [-0.1, -0.05) is 0 Å². The van der Waals surface area contributed by atoms with Gasteiger partial charge in [-0.05, 0) is 50.5 Å². The predicted molar refractivity (Wildman–Crippen MR) is 79.2 cm³/mol. The molecule has 6 nitrogen and oxygen atoms in total. The summed E-state index contributed by atoms with van der Waals surface area (Å²) in [6.45, 7) is 5.55. The third-order valence-electron chi connectivity index (χ3n) is 5.01. The highest BCUT2D eigenvalue weighted by molar-refractivity contribution is 6.24. The van der Waals surface area contributed by atoms with E-state index >= 15 is 0 Å². The maximum absolute atomic E-state index is 12.8. The van der Waals surface area contributed by atoms with Crippen molar-refractivity contribution in [2.24, 2.45) is 0 Å². The van der Waals surface area contributed by atoms with E-state index < -0.39 is 23.6 Å². The van der Waals surface area contributed by atoms with Crippen molar-refractivity contribution in [3.8, 4) is 6.07 Å². The SMILES string of the molecule is Cc1c(C#N)ccc(N2C(=O)N3CCC(O)C3(C)C2=O)c1C. The van der Waals surface area contributed by atoms with Gasteiger partial charge in [0.1, 0.15) is 5.54 Å². The number of urea groups is 1. The second-order valence-electron chi connectivity index (χ2n) is 6.02. The number of anilines is 1. The van der Waals surface area contributed by atoms with Crippen LogP contribution in [0.4, 0.5) is 10.5 Å². The lowest BCUT2D eigenvalue weighted by molar-refractivity contribution is -0.126. The van der Waals surface area contributed by atoms with Crippen LogP contribution in [0.25, 0.3) is 0 Å². The highest BCUT2D eigenvalue weighted by Crippen LogP contribution is 2.41. The summed E-state index contributed by atoms with van der Waals surface area (Å²) in [7, 11) is 0. The second-order valence-corrected chi connectivity index (χ2v) is 6.02. The van der Waals surface area contributed by atoms with Gasteiger partial charge >= 0.3 is 6.03 Å². The van der Waals surface area contributed by atoms with Crippen LogP contribution in [0.2, 0.25) is 0 Å². The summed E-state index contributed by atoms with van der Waals surface area (Å²) in [6, 6.07) is 4.92. The highest BCUT2D eigenvalue weighted by atomic mass is 16.3. The molecule has 3 rings (SSSR count). The maximum atomic E-state index is 12.8. The Hall–Kier alpha value is -2.39. The zero-order valence-corrected chi connectivity index (χ0v) is 12.8. The van der Waals surface area contributed by atoms with E-state index in [2.05, 4.69) is 6.07 Å². The summed E-state index contributed by atoms with van der Waals surface area (Å²) in [6.07, 6.45) is -0.443. The first-order chi connectivity index (χ1) is 10.3. The van der Waals surface area contributed by atoms with E-state index in [0.29, 0.717) is 24.2 Å². The molecule has 2 aliphatic rings. The van der Waals surface area contributed by atoms with Crippen molar-refractivity contribution in [1.29, 1.82) is 5.26 Å². The van der Waals surface area contributed by atoms with Crippen LogP contribution >= 0.6 is 0 Å². The number of rotatable bonds is 1. The molecule has 2 unspecified atom stereocenters. The van der Waals surface area contributed by atoms with E-state index in [-0.39, 0.29) is 0 Å². The minimum Gasteiger partial charge on any atom is -0.390 e. The summed E-state index contributed by atoms with van der Waals surface area (Å²) >= 11 is 0. The van der Waals surface area contributed by atoms with Crippen molar-refractivity contribution in [2.75, 3.05) is 11.4 Å². The number of nitrogens with zero attached hydrogens (tertiary/aromatic N) is 3. The average Bonchev–Trinajstić information content (AvgIpc) is 2.89. The predicted octanol–water partition coefficient (Wildman–Crippen LogP) is 1.47. The van der Waals surface area contributed by atoms with Gasteiger partial charge in [-0.15, -0.1) is 0 Å². The van der Waals surface area contributed by atoms with E-state index in [1.54, 1.807) is 32.9 Å². The Kier molecular flexibility index (Phi) is 3.01. The zero-order valence-electron chi connectivity index (χ0n) is 12.8. The fraction of sp³-hybridized carbons (Fsp3) is 0.438. The average molecular weight is 299 g/mol. The monoisotopic (exact) mass is 299 g/mol. The molecule has 0 radical (unpaired) electrons. The third kappa shape index (κ3) is 1.57. The number of amides is 3. The molecule has 2 fully saturated rings. The molecule has 0 bridgehead atoms. The van der Waals surface area contributed by atoms with Crippen molar-refractivity contribution in [3.63, 3.8) is 0 Å². The Morgan fingerprint density at radius 2 is 2.00 bits per heavy atom. The molecule has 6 heteroatoms. The van der Waals surface area contributed by atoms with Crippen LogP contribution in [0.5, 0.6) is 0 Å². The first kappa shape index (κ1) is 14.5. The molecule has 1 aromatic carbocycles. The lowest BCUT2D eigenvalue weighted by Gasteiger charge is -2.26. The van der Waals surface area contributed by atoms with Crippen LogP contribution < -0.4 is 4.90 Å². The molecule has 2 atom stereocenters. The maximum Gasteiger partial charge on any atom is 0.332 e. The Bertz CT molecular complexity index is 737. The number of carbonyl (C=O) groups is 2. The first-order valence-electron chi connectivity index (χ1n) is 7.18. The molecule has 22 heavy (non-hydrogen) atoms. The van der Waals surface area contributed by atoms with E-state index in [4.69, 9.17) is 5.26 Å². The van der Waals surface area contributed by atoms with Crippen LogP contribution in [-0.2, 0) is 4.79 Å². The normalized spacial score (nSPS) is 27.3. The van der Waals surface area contributed by atoms with Crippen LogP contribution in [0.15, 0.2) is 12.1 Å². The van der Waals surface area contributed by atoms with Gasteiger partial charge in [0.15, 0.2) is 0 Å². The summed E-state index contributed by atoms with van der Waals surface area (Å²) in [5, 5.41) is 19.2. The quantitative estimate of drug-likeness (QED) is 0.796. The first-order valence-corrected chi connectivity index (χ1v) is 7.18. The number of fused-ring (bicyclic) bond motifs is 1. The van der Waals surface area contributed by atoms with Gasteiger partial charge < -0.3 is 10.0 Å². The highest BCUT2D eigenvalue weighted by Gasteiger charge is 2.61. The number of hydrogen-bond acceptors (Lipinski definition) is 4. The van der Waals surface area contributed by atoms with Gasteiger partial charge in [0.05, 0.1) is 23.4 Å². The minimum atomic E-state index is -1.19. The lowest BCUT2D eigenvalue weighted by atomic mass is 9.95. The smallest absolute Gasteiger partial charge is 0.332 e. The van der Waals surface area contributed by atoms with Crippen molar-refractivity contribution in [1.82, 2.24) is 4.90 Å². The van der Waals surface area contributed by atoms with Gasteiger partial charge in [0.2, 0.25) is 0 Å². The number of carbonyl (C=O) groups excluding carboxylic acids is 2. The number of imide groups is 1. The summed E-state index contributed by atoms with van der Waals surface area (Å²) in [5.74, 6) is -0.408. The lowest BCUT2D eigenvalue weighted by Crippen LogP contribution is -2.49. The molecule has 0 aromatic heterocycles. The van der Waals surface area contributed by atoms with Gasteiger partial charge in [-0.3, -0.25) is 4.79 Å². The summed E-state index contributed by atoms with van der Waals surface area (Å²) in [4.78, 5) is 28.0. The van der Waals surface area contributed by atoms with Crippen molar-refractivity contribution < 1.29 is 14.7 Å². The van der Waals surface area contributed by atoms with Crippen molar-refractivity contribution >= 4 is 17.6 Å². The van der Waals surface area contributed by atoms with Gasteiger partial charge in [0.25, 0.3) is 5.91 Å². The molecular formula is C16H17N3O3. The Balaban J connectivity index is 2.12. The van der Waals surface area contributed by atoms with Crippen LogP contribution in [0.1, 0.15) is 30.0 Å².